The van der Waals surface area contributed by atoms with E-state index in [1.807, 2.05) is 12.1 Å². The molecule has 2 rings (SSSR count). The molecule has 0 aromatic heterocycles. The lowest BCUT2D eigenvalue weighted by Crippen LogP contribution is -2.44. The number of hydrogen-bond acceptors (Lipinski definition) is 4. The number of rotatable bonds is 7. The van der Waals surface area contributed by atoms with Gasteiger partial charge < -0.3 is 19.8 Å². The van der Waals surface area contributed by atoms with Crippen molar-refractivity contribution in [3.8, 4) is 0 Å². The topological polar surface area (TPSA) is 87.1 Å². The van der Waals surface area contributed by atoms with Crippen LogP contribution in [0.5, 0.6) is 0 Å². The Morgan fingerprint density at radius 2 is 1.88 bits per heavy atom. The van der Waals surface area contributed by atoms with Crippen molar-refractivity contribution in [2.45, 2.75) is 19.3 Å². The second-order valence-corrected chi connectivity index (χ2v) is 7.33. The molecule has 6 nitrogen and oxygen atoms in total. The van der Waals surface area contributed by atoms with Gasteiger partial charge in [-0.15, -0.1) is 0 Å². The minimum atomic E-state index is -1.27. The van der Waals surface area contributed by atoms with Gasteiger partial charge in [-0.2, -0.15) is 0 Å². The number of benzene rings is 1. The fourth-order valence-electron chi connectivity index (χ4n) is 3.39. The quantitative estimate of drug-likeness (QED) is 0.681. The zero-order chi connectivity index (χ0) is 19.3. The number of nitrogens with zero attached hydrogens (tertiary/aromatic N) is 1. The number of piperidine rings is 1. The molecule has 1 saturated heterocycles. The molecule has 8 heteroatoms. The SMILES string of the molecule is COCC1(Cc2ccc(Cl)c(Cl)c2)CCN(/C(=C\C(=O)O)C(=O)O)CC1. The predicted molar refractivity (Wildman–Crippen MR) is 98.6 cm³/mol. The molecule has 0 amide bonds. The fourth-order valence-corrected chi connectivity index (χ4v) is 3.71. The van der Waals surface area contributed by atoms with Gasteiger partial charge in [0.15, 0.2) is 0 Å². The fraction of sp³-hybridized carbons (Fsp3) is 0.444. The van der Waals surface area contributed by atoms with E-state index in [2.05, 4.69) is 0 Å². The van der Waals surface area contributed by atoms with Crippen LogP contribution in [0.2, 0.25) is 10.0 Å². The number of carbonyl (C=O) groups is 2. The van der Waals surface area contributed by atoms with E-state index < -0.39 is 11.9 Å². The largest absolute Gasteiger partial charge is 0.478 e. The molecule has 0 unspecified atom stereocenters. The van der Waals surface area contributed by atoms with Gasteiger partial charge in [0.25, 0.3) is 0 Å². The van der Waals surface area contributed by atoms with E-state index in [1.54, 1.807) is 18.1 Å². The Morgan fingerprint density at radius 1 is 1.23 bits per heavy atom. The van der Waals surface area contributed by atoms with Gasteiger partial charge in [-0.25, -0.2) is 9.59 Å². The first-order chi connectivity index (χ1) is 12.3. The smallest absolute Gasteiger partial charge is 0.352 e. The average Bonchev–Trinajstić information content (AvgIpc) is 2.57. The lowest BCUT2D eigenvalue weighted by atomic mass is 9.74. The minimum Gasteiger partial charge on any atom is -0.478 e. The van der Waals surface area contributed by atoms with Gasteiger partial charge in [-0.05, 0) is 37.0 Å². The van der Waals surface area contributed by atoms with Crippen molar-refractivity contribution in [1.82, 2.24) is 4.90 Å². The van der Waals surface area contributed by atoms with E-state index in [-0.39, 0.29) is 11.1 Å². The number of hydrogen-bond donors (Lipinski definition) is 2. The van der Waals surface area contributed by atoms with Crippen LogP contribution in [-0.4, -0.2) is 53.9 Å². The summed E-state index contributed by atoms with van der Waals surface area (Å²) in [5, 5.41) is 19.1. The second-order valence-electron chi connectivity index (χ2n) is 6.52. The van der Waals surface area contributed by atoms with Gasteiger partial charge >= 0.3 is 11.9 Å². The van der Waals surface area contributed by atoms with Crippen molar-refractivity contribution >= 4 is 35.1 Å². The Kier molecular flexibility index (Phi) is 6.92. The number of carboxylic acids is 2. The third kappa shape index (κ3) is 5.13. The highest BCUT2D eigenvalue weighted by Gasteiger charge is 2.36. The van der Waals surface area contributed by atoms with Crippen LogP contribution in [0, 0.1) is 5.41 Å². The van der Waals surface area contributed by atoms with Crippen LogP contribution < -0.4 is 0 Å². The summed E-state index contributed by atoms with van der Waals surface area (Å²) in [5.41, 5.74) is 0.664. The number of aliphatic carboxylic acids is 2. The molecule has 1 heterocycles. The number of halogens is 2. The average molecular weight is 402 g/mol. The minimum absolute atomic E-state index is 0.171. The molecule has 1 aromatic carbocycles. The van der Waals surface area contributed by atoms with Gasteiger partial charge in [0, 0.05) is 25.6 Å². The van der Waals surface area contributed by atoms with Crippen molar-refractivity contribution in [3.05, 3.63) is 45.6 Å². The van der Waals surface area contributed by atoms with E-state index in [0.29, 0.717) is 42.6 Å². The summed E-state index contributed by atoms with van der Waals surface area (Å²) < 4.78 is 5.42. The monoisotopic (exact) mass is 401 g/mol. The first kappa shape index (κ1) is 20.6. The zero-order valence-electron chi connectivity index (χ0n) is 14.4. The summed E-state index contributed by atoms with van der Waals surface area (Å²) in [4.78, 5) is 23.8. The van der Waals surface area contributed by atoms with Crippen molar-refractivity contribution < 1.29 is 24.5 Å². The highest BCUT2D eigenvalue weighted by Crippen LogP contribution is 2.37. The third-order valence-electron chi connectivity index (χ3n) is 4.66. The number of likely N-dealkylation sites (tertiary alicyclic amines) is 1. The molecule has 0 atom stereocenters. The second kappa shape index (κ2) is 8.75. The molecule has 0 bridgehead atoms. The van der Waals surface area contributed by atoms with E-state index in [1.165, 1.54) is 0 Å². The van der Waals surface area contributed by atoms with Crippen LogP contribution in [0.25, 0.3) is 0 Å². The van der Waals surface area contributed by atoms with Crippen LogP contribution >= 0.6 is 23.2 Å². The molecular weight excluding hydrogens is 381 g/mol. The molecular formula is C18H21Cl2NO5. The van der Waals surface area contributed by atoms with Crippen molar-refractivity contribution in [1.29, 1.82) is 0 Å². The van der Waals surface area contributed by atoms with Crippen LogP contribution in [0.3, 0.4) is 0 Å². The standard InChI is InChI=1S/C18H21Cl2NO5/c1-26-11-18(10-12-2-3-13(19)14(20)8-12)4-6-21(7-5-18)15(17(24)25)9-16(22)23/h2-3,8-9H,4-7,10-11H2,1H3,(H,22,23)(H,24,25)/b15-9-. The van der Waals surface area contributed by atoms with E-state index >= 15 is 0 Å². The summed E-state index contributed by atoms with van der Waals surface area (Å²) in [6.45, 7) is 1.40. The Hall–Kier alpha value is -1.76. The van der Waals surface area contributed by atoms with Crippen molar-refractivity contribution in [2.24, 2.45) is 5.41 Å². The number of ether oxygens (including phenoxy) is 1. The molecule has 26 heavy (non-hydrogen) atoms. The maximum atomic E-state index is 11.4. The summed E-state index contributed by atoms with van der Waals surface area (Å²) in [5.74, 6) is -2.51. The van der Waals surface area contributed by atoms with Gasteiger partial charge in [-0.1, -0.05) is 29.3 Å². The third-order valence-corrected chi connectivity index (χ3v) is 5.40. The maximum absolute atomic E-state index is 11.4. The van der Waals surface area contributed by atoms with Crippen LogP contribution in [0.15, 0.2) is 30.0 Å². The Bertz CT molecular complexity index is 712. The van der Waals surface area contributed by atoms with Gasteiger partial charge in [0.1, 0.15) is 5.70 Å². The molecule has 1 aliphatic rings. The molecule has 0 aliphatic carbocycles. The summed E-state index contributed by atoms with van der Waals surface area (Å²) >= 11 is 12.1. The first-order valence-electron chi connectivity index (χ1n) is 8.12. The number of carboxylic acid groups (broad SMARTS) is 2. The molecule has 142 valence electrons. The van der Waals surface area contributed by atoms with Crippen LogP contribution in [-0.2, 0) is 20.7 Å². The van der Waals surface area contributed by atoms with Gasteiger partial charge in [0.05, 0.1) is 22.7 Å². The zero-order valence-corrected chi connectivity index (χ0v) is 15.9. The Morgan fingerprint density at radius 3 is 2.38 bits per heavy atom. The van der Waals surface area contributed by atoms with Crippen molar-refractivity contribution in [3.63, 3.8) is 0 Å². The van der Waals surface area contributed by atoms with E-state index in [0.717, 1.165) is 18.1 Å². The maximum Gasteiger partial charge on any atom is 0.352 e. The first-order valence-corrected chi connectivity index (χ1v) is 8.88. The normalized spacial score (nSPS) is 17.2. The molecule has 1 aliphatic heterocycles. The van der Waals surface area contributed by atoms with Crippen molar-refractivity contribution in [2.75, 3.05) is 26.8 Å². The van der Waals surface area contributed by atoms with Gasteiger partial charge in [-0.3, -0.25) is 0 Å². The lowest BCUT2D eigenvalue weighted by Gasteiger charge is -2.42. The molecule has 1 aromatic rings. The molecule has 0 saturated carbocycles. The highest BCUT2D eigenvalue weighted by molar-refractivity contribution is 6.42. The lowest BCUT2D eigenvalue weighted by molar-refractivity contribution is -0.137. The predicted octanol–water partition coefficient (Wildman–Crippen LogP) is 3.32. The molecule has 0 radical (unpaired) electrons. The Balaban J connectivity index is 2.16. The Labute approximate surface area is 162 Å². The molecule has 0 spiro atoms. The highest BCUT2D eigenvalue weighted by atomic mass is 35.5. The van der Waals surface area contributed by atoms with Gasteiger partial charge in [0.2, 0.25) is 0 Å². The summed E-state index contributed by atoms with van der Waals surface area (Å²) in [6, 6.07) is 5.51. The van der Waals surface area contributed by atoms with E-state index in [9.17, 15) is 14.7 Å². The summed E-state index contributed by atoms with van der Waals surface area (Å²) in [7, 11) is 1.63. The summed E-state index contributed by atoms with van der Waals surface area (Å²) in [6.07, 6.45) is 2.80. The van der Waals surface area contributed by atoms with Crippen LogP contribution in [0.1, 0.15) is 18.4 Å². The van der Waals surface area contributed by atoms with Crippen LogP contribution in [0.4, 0.5) is 0 Å². The van der Waals surface area contributed by atoms with E-state index in [4.69, 9.17) is 33.0 Å². The number of methoxy groups -OCH3 is 1. The molecule has 1 fully saturated rings. The molecule has 2 N–H and O–H groups in total.